The van der Waals surface area contributed by atoms with E-state index < -0.39 is 0 Å². The number of amides is 2. The molecule has 120 valence electrons. The van der Waals surface area contributed by atoms with Crippen molar-refractivity contribution in [3.8, 4) is 5.88 Å². The van der Waals surface area contributed by atoms with Gasteiger partial charge in [-0.2, -0.15) is 0 Å². The van der Waals surface area contributed by atoms with Crippen LogP contribution in [0.1, 0.15) is 6.42 Å². The first-order valence-electron chi connectivity index (χ1n) is 7.20. The molecule has 0 saturated carbocycles. The molecule has 5 nitrogen and oxygen atoms in total. The van der Waals surface area contributed by atoms with Gasteiger partial charge in [-0.1, -0.05) is 0 Å². The Labute approximate surface area is 141 Å². The topological polar surface area (TPSA) is 54.5 Å². The zero-order chi connectivity index (χ0) is 16.2. The van der Waals surface area contributed by atoms with Gasteiger partial charge in [-0.05, 0) is 46.3 Å². The van der Waals surface area contributed by atoms with E-state index in [9.17, 15) is 9.18 Å². The van der Waals surface area contributed by atoms with E-state index in [1.807, 2.05) is 6.07 Å². The molecule has 3 rings (SSSR count). The van der Waals surface area contributed by atoms with Crippen molar-refractivity contribution >= 4 is 27.6 Å². The van der Waals surface area contributed by atoms with Crippen LogP contribution in [-0.2, 0) is 0 Å². The van der Waals surface area contributed by atoms with Crippen molar-refractivity contribution in [3.05, 3.63) is 52.9 Å². The van der Waals surface area contributed by atoms with Crippen LogP contribution in [0.2, 0.25) is 0 Å². The van der Waals surface area contributed by atoms with Crippen molar-refractivity contribution in [3.63, 3.8) is 0 Å². The van der Waals surface area contributed by atoms with Gasteiger partial charge in [-0.25, -0.2) is 14.2 Å². The van der Waals surface area contributed by atoms with Crippen molar-refractivity contribution < 1.29 is 13.9 Å². The van der Waals surface area contributed by atoms with E-state index in [0.29, 0.717) is 24.7 Å². The standard InChI is InChI=1S/C16H15BrFN3O2/c17-11-1-6-15(19-9-11)23-14-7-8-21(10-14)16(22)20-13-4-2-12(18)3-5-13/h1-6,9,14H,7-8,10H2,(H,20,22). The van der Waals surface area contributed by atoms with Gasteiger partial charge in [-0.15, -0.1) is 0 Å². The van der Waals surface area contributed by atoms with Crippen LogP contribution in [0, 0.1) is 5.82 Å². The minimum atomic E-state index is -0.334. The number of aromatic nitrogens is 1. The molecular weight excluding hydrogens is 365 g/mol. The number of ether oxygens (including phenoxy) is 1. The van der Waals surface area contributed by atoms with Crippen molar-refractivity contribution in [2.45, 2.75) is 12.5 Å². The number of pyridine rings is 1. The summed E-state index contributed by atoms with van der Waals surface area (Å²) >= 11 is 3.32. The number of urea groups is 1. The Morgan fingerprint density at radius 3 is 2.78 bits per heavy atom. The third kappa shape index (κ3) is 4.19. The zero-order valence-corrected chi connectivity index (χ0v) is 13.8. The number of carbonyl (C=O) groups is 1. The summed E-state index contributed by atoms with van der Waals surface area (Å²) < 4.78 is 19.5. The molecule has 1 N–H and O–H groups in total. The number of nitrogens with one attached hydrogen (secondary N) is 1. The van der Waals surface area contributed by atoms with Crippen LogP contribution < -0.4 is 10.1 Å². The maximum atomic E-state index is 12.9. The molecule has 0 radical (unpaired) electrons. The molecule has 1 aromatic carbocycles. The van der Waals surface area contributed by atoms with Crippen LogP contribution in [0.25, 0.3) is 0 Å². The number of hydrogen-bond donors (Lipinski definition) is 1. The number of anilines is 1. The van der Waals surface area contributed by atoms with E-state index in [2.05, 4.69) is 26.2 Å². The van der Waals surface area contributed by atoms with E-state index in [4.69, 9.17) is 4.74 Å². The predicted octanol–water partition coefficient (Wildman–Crippen LogP) is 3.67. The lowest BCUT2D eigenvalue weighted by Crippen LogP contribution is -2.34. The summed E-state index contributed by atoms with van der Waals surface area (Å²) in [5.74, 6) is 0.207. The lowest BCUT2D eigenvalue weighted by atomic mass is 10.3. The molecule has 1 saturated heterocycles. The maximum absolute atomic E-state index is 12.9. The van der Waals surface area contributed by atoms with E-state index >= 15 is 0 Å². The Morgan fingerprint density at radius 1 is 1.30 bits per heavy atom. The van der Waals surface area contributed by atoms with Gasteiger partial charge in [0.05, 0.1) is 6.54 Å². The van der Waals surface area contributed by atoms with Gasteiger partial charge in [0, 0.05) is 35.4 Å². The van der Waals surface area contributed by atoms with Crippen LogP contribution >= 0.6 is 15.9 Å². The first-order chi connectivity index (χ1) is 11.1. The third-order valence-corrected chi connectivity index (χ3v) is 3.98. The van der Waals surface area contributed by atoms with E-state index in [-0.39, 0.29) is 18.0 Å². The van der Waals surface area contributed by atoms with Gasteiger partial charge in [0.2, 0.25) is 5.88 Å². The molecule has 1 aliphatic heterocycles. The highest BCUT2D eigenvalue weighted by Crippen LogP contribution is 2.19. The third-order valence-electron chi connectivity index (χ3n) is 3.52. The van der Waals surface area contributed by atoms with Crippen LogP contribution in [0.15, 0.2) is 47.1 Å². The maximum Gasteiger partial charge on any atom is 0.321 e. The summed E-state index contributed by atoms with van der Waals surface area (Å²) in [6.07, 6.45) is 2.33. The first kappa shape index (κ1) is 15.7. The Balaban J connectivity index is 1.53. The Morgan fingerprint density at radius 2 is 2.09 bits per heavy atom. The fourth-order valence-electron chi connectivity index (χ4n) is 2.35. The summed E-state index contributed by atoms with van der Waals surface area (Å²) in [7, 11) is 0. The van der Waals surface area contributed by atoms with E-state index in [0.717, 1.165) is 10.9 Å². The SMILES string of the molecule is O=C(Nc1ccc(F)cc1)N1CCC(Oc2ccc(Br)cn2)C1. The zero-order valence-electron chi connectivity index (χ0n) is 12.2. The number of benzene rings is 1. The second-order valence-corrected chi connectivity index (χ2v) is 6.14. The molecule has 1 unspecified atom stereocenters. The van der Waals surface area contributed by atoms with Crippen molar-refractivity contribution in [1.82, 2.24) is 9.88 Å². The molecule has 23 heavy (non-hydrogen) atoms. The molecule has 0 aliphatic carbocycles. The van der Waals surface area contributed by atoms with Crippen LogP contribution in [-0.4, -0.2) is 35.1 Å². The minimum absolute atomic E-state index is 0.0809. The lowest BCUT2D eigenvalue weighted by molar-refractivity contribution is 0.190. The van der Waals surface area contributed by atoms with Gasteiger partial charge < -0.3 is 15.0 Å². The van der Waals surface area contributed by atoms with Gasteiger partial charge in [0.25, 0.3) is 0 Å². The summed E-state index contributed by atoms with van der Waals surface area (Å²) in [5.41, 5.74) is 0.565. The second-order valence-electron chi connectivity index (χ2n) is 5.23. The molecule has 1 aliphatic rings. The van der Waals surface area contributed by atoms with Gasteiger partial charge in [0.15, 0.2) is 0 Å². The lowest BCUT2D eigenvalue weighted by Gasteiger charge is -2.17. The molecule has 0 bridgehead atoms. The summed E-state index contributed by atoms with van der Waals surface area (Å²) in [6, 6.07) is 9.11. The first-order valence-corrected chi connectivity index (χ1v) is 7.99. The highest BCUT2D eigenvalue weighted by atomic mass is 79.9. The van der Waals surface area contributed by atoms with E-state index in [1.54, 1.807) is 17.2 Å². The normalized spacial score (nSPS) is 17.1. The molecule has 1 aromatic heterocycles. The molecule has 2 aromatic rings. The molecular formula is C16H15BrFN3O2. The molecule has 0 spiro atoms. The molecule has 2 amide bonds. The largest absolute Gasteiger partial charge is 0.472 e. The monoisotopic (exact) mass is 379 g/mol. The smallest absolute Gasteiger partial charge is 0.321 e. The number of hydrogen-bond acceptors (Lipinski definition) is 3. The Kier molecular flexibility index (Phi) is 4.76. The van der Waals surface area contributed by atoms with E-state index in [1.165, 1.54) is 24.3 Å². The summed E-state index contributed by atoms with van der Waals surface area (Å²) in [6.45, 7) is 1.10. The number of halogens is 2. The van der Waals surface area contributed by atoms with Gasteiger partial charge >= 0.3 is 6.03 Å². The second kappa shape index (κ2) is 6.95. The molecule has 7 heteroatoms. The molecule has 1 atom stereocenters. The average molecular weight is 380 g/mol. The van der Waals surface area contributed by atoms with Crippen molar-refractivity contribution in [1.29, 1.82) is 0 Å². The van der Waals surface area contributed by atoms with Gasteiger partial charge in [0.1, 0.15) is 11.9 Å². The highest BCUT2D eigenvalue weighted by Gasteiger charge is 2.27. The fraction of sp³-hybridized carbons (Fsp3) is 0.250. The fourth-order valence-corrected chi connectivity index (χ4v) is 2.58. The van der Waals surface area contributed by atoms with Crippen LogP contribution in [0.5, 0.6) is 5.88 Å². The van der Waals surface area contributed by atoms with Crippen molar-refractivity contribution in [2.75, 3.05) is 18.4 Å². The van der Waals surface area contributed by atoms with Crippen molar-refractivity contribution in [2.24, 2.45) is 0 Å². The number of carbonyl (C=O) groups excluding carboxylic acids is 1. The minimum Gasteiger partial charge on any atom is -0.472 e. The molecule has 2 heterocycles. The molecule has 1 fully saturated rings. The predicted molar refractivity (Wildman–Crippen MR) is 88.0 cm³/mol. The van der Waals surface area contributed by atoms with Crippen LogP contribution in [0.3, 0.4) is 0 Å². The summed E-state index contributed by atoms with van der Waals surface area (Å²) in [4.78, 5) is 18.0. The average Bonchev–Trinajstić information content (AvgIpc) is 3.00. The van der Waals surface area contributed by atoms with Gasteiger partial charge in [-0.3, -0.25) is 0 Å². The Bertz CT molecular complexity index is 679. The Hall–Kier alpha value is -2.15. The number of rotatable bonds is 3. The highest BCUT2D eigenvalue weighted by molar-refractivity contribution is 9.10. The van der Waals surface area contributed by atoms with Crippen LogP contribution in [0.4, 0.5) is 14.9 Å². The summed E-state index contributed by atoms with van der Waals surface area (Å²) in [5, 5.41) is 2.75. The quantitative estimate of drug-likeness (QED) is 0.884. The number of likely N-dealkylation sites (tertiary alicyclic amines) is 1. The number of nitrogens with zero attached hydrogens (tertiary/aromatic N) is 2.